The zero-order valence-electron chi connectivity index (χ0n) is 6.98. The molecular formula is C8H9N3S. The molecule has 0 aliphatic rings. The van der Waals surface area contributed by atoms with Crippen molar-refractivity contribution in [1.82, 2.24) is 14.5 Å². The maximum atomic E-state index is 4.28. The van der Waals surface area contributed by atoms with Crippen molar-refractivity contribution in [3.63, 3.8) is 0 Å². The molecule has 4 heteroatoms. The summed E-state index contributed by atoms with van der Waals surface area (Å²) in [6.07, 6.45) is 5.50. The van der Waals surface area contributed by atoms with E-state index in [0.29, 0.717) is 0 Å². The summed E-state index contributed by atoms with van der Waals surface area (Å²) in [6, 6.07) is 0. The molecule has 2 aromatic heterocycles. The predicted molar refractivity (Wildman–Crippen MR) is 49.1 cm³/mol. The number of nitrogens with zero attached hydrogens (tertiary/aromatic N) is 3. The van der Waals surface area contributed by atoms with Crippen LogP contribution in [0.2, 0.25) is 0 Å². The summed E-state index contributed by atoms with van der Waals surface area (Å²) in [5.41, 5.74) is 1.08. The first-order valence-electron chi connectivity index (χ1n) is 3.66. The Morgan fingerprint density at radius 2 is 2.25 bits per heavy atom. The first-order valence-corrected chi connectivity index (χ1v) is 4.48. The lowest BCUT2D eigenvalue weighted by Crippen LogP contribution is -1.87. The first-order chi connectivity index (χ1) is 5.77. The van der Waals surface area contributed by atoms with Crippen LogP contribution < -0.4 is 0 Å². The molecule has 0 aliphatic carbocycles. The second kappa shape index (κ2) is 2.71. The van der Waals surface area contributed by atoms with E-state index in [-0.39, 0.29) is 0 Å². The summed E-state index contributed by atoms with van der Waals surface area (Å²) >= 11 is 1.69. The molecule has 0 amide bonds. The summed E-state index contributed by atoms with van der Waals surface area (Å²) in [7, 11) is 1.97. The van der Waals surface area contributed by atoms with Crippen molar-refractivity contribution in [2.75, 3.05) is 0 Å². The van der Waals surface area contributed by atoms with E-state index in [0.717, 1.165) is 10.7 Å². The molecule has 3 nitrogen and oxygen atoms in total. The fourth-order valence-electron chi connectivity index (χ4n) is 1.04. The van der Waals surface area contributed by atoms with Crippen LogP contribution in [0.1, 0.15) is 4.88 Å². The van der Waals surface area contributed by atoms with Crippen molar-refractivity contribution in [2.45, 2.75) is 6.92 Å². The molecule has 0 unspecified atom stereocenters. The quantitative estimate of drug-likeness (QED) is 0.669. The highest BCUT2D eigenvalue weighted by molar-refractivity contribution is 7.14. The van der Waals surface area contributed by atoms with E-state index in [9.17, 15) is 0 Å². The Bertz CT molecular complexity index is 388. The minimum atomic E-state index is 1.03. The second-order valence-corrected chi connectivity index (χ2v) is 3.90. The number of aromatic nitrogens is 3. The normalized spacial score (nSPS) is 10.5. The molecular weight excluding hydrogens is 170 g/mol. The number of hydrogen-bond acceptors (Lipinski definition) is 3. The largest absolute Gasteiger partial charge is 0.332 e. The van der Waals surface area contributed by atoms with Crippen LogP contribution in [0.5, 0.6) is 0 Å². The smallest absolute Gasteiger partial charge is 0.141 e. The fraction of sp³-hybridized carbons (Fsp3) is 0.250. The third kappa shape index (κ3) is 1.14. The molecule has 2 rings (SSSR count). The number of imidazole rings is 1. The average molecular weight is 179 g/mol. The van der Waals surface area contributed by atoms with Gasteiger partial charge in [0.2, 0.25) is 0 Å². The van der Waals surface area contributed by atoms with E-state index in [1.54, 1.807) is 17.7 Å². The highest BCUT2D eigenvalue weighted by Gasteiger charge is 2.05. The fourth-order valence-corrected chi connectivity index (χ4v) is 1.85. The van der Waals surface area contributed by atoms with Crippen molar-refractivity contribution in [1.29, 1.82) is 0 Å². The summed E-state index contributed by atoms with van der Waals surface area (Å²) in [6.45, 7) is 2.05. The van der Waals surface area contributed by atoms with Gasteiger partial charge < -0.3 is 4.57 Å². The number of thiazole rings is 1. The monoisotopic (exact) mass is 179 g/mol. The van der Waals surface area contributed by atoms with Crippen LogP contribution in [-0.4, -0.2) is 14.5 Å². The van der Waals surface area contributed by atoms with Gasteiger partial charge in [0.15, 0.2) is 0 Å². The van der Waals surface area contributed by atoms with Crippen LogP contribution >= 0.6 is 11.3 Å². The van der Waals surface area contributed by atoms with Gasteiger partial charge in [-0.05, 0) is 6.92 Å². The molecule has 62 valence electrons. The Morgan fingerprint density at radius 3 is 2.75 bits per heavy atom. The van der Waals surface area contributed by atoms with Crippen molar-refractivity contribution in [3.8, 4) is 10.7 Å². The summed E-state index contributed by atoms with van der Waals surface area (Å²) in [4.78, 5) is 9.54. The first kappa shape index (κ1) is 7.49. The van der Waals surface area contributed by atoms with Gasteiger partial charge in [-0.2, -0.15) is 0 Å². The molecule has 0 radical (unpaired) electrons. The standard InChI is InChI=1S/C8H9N3S/c1-6-3-10-8(12-6)7-4-9-5-11(7)2/h3-5H,1-2H3. The van der Waals surface area contributed by atoms with Gasteiger partial charge in [0, 0.05) is 18.1 Å². The van der Waals surface area contributed by atoms with Crippen molar-refractivity contribution < 1.29 is 0 Å². The highest BCUT2D eigenvalue weighted by Crippen LogP contribution is 2.23. The van der Waals surface area contributed by atoms with E-state index < -0.39 is 0 Å². The molecule has 0 aliphatic heterocycles. The minimum absolute atomic E-state index is 1.03. The molecule has 0 aromatic carbocycles. The highest BCUT2D eigenvalue weighted by atomic mass is 32.1. The molecule has 12 heavy (non-hydrogen) atoms. The predicted octanol–water partition coefficient (Wildman–Crippen LogP) is 1.85. The van der Waals surface area contributed by atoms with Gasteiger partial charge in [-0.1, -0.05) is 0 Å². The van der Waals surface area contributed by atoms with E-state index in [1.807, 2.05) is 24.0 Å². The molecule has 0 N–H and O–H groups in total. The molecule has 0 fully saturated rings. The third-order valence-electron chi connectivity index (χ3n) is 1.66. The van der Waals surface area contributed by atoms with Crippen LogP contribution in [0.4, 0.5) is 0 Å². The van der Waals surface area contributed by atoms with Gasteiger partial charge in [0.1, 0.15) is 5.01 Å². The molecule has 0 bridgehead atoms. The lowest BCUT2D eigenvalue weighted by atomic mass is 10.5. The molecule has 0 spiro atoms. The van der Waals surface area contributed by atoms with Crippen LogP contribution in [0.3, 0.4) is 0 Å². The van der Waals surface area contributed by atoms with Crippen molar-refractivity contribution >= 4 is 11.3 Å². The molecule has 2 aromatic rings. The zero-order chi connectivity index (χ0) is 8.55. The SMILES string of the molecule is Cc1cnc(-c2cncn2C)s1. The Hall–Kier alpha value is -1.16. The van der Waals surface area contributed by atoms with E-state index >= 15 is 0 Å². The lowest BCUT2D eigenvalue weighted by Gasteiger charge is -1.94. The van der Waals surface area contributed by atoms with Gasteiger partial charge in [-0.15, -0.1) is 11.3 Å². The Morgan fingerprint density at radius 1 is 1.42 bits per heavy atom. The van der Waals surface area contributed by atoms with Gasteiger partial charge in [-0.25, -0.2) is 9.97 Å². The Kier molecular flexibility index (Phi) is 1.69. The van der Waals surface area contributed by atoms with E-state index in [2.05, 4.69) is 16.9 Å². The maximum absolute atomic E-state index is 4.28. The third-order valence-corrected chi connectivity index (χ3v) is 2.59. The van der Waals surface area contributed by atoms with Crippen molar-refractivity contribution in [3.05, 3.63) is 23.6 Å². The molecule has 0 atom stereocenters. The summed E-state index contributed by atoms with van der Waals surface area (Å²) in [5, 5.41) is 1.03. The number of hydrogen-bond donors (Lipinski definition) is 0. The zero-order valence-corrected chi connectivity index (χ0v) is 7.80. The molecule has 0 saturated heterocycles. The van der Waals surface area contributed by atoms with Crippen LogP contribution in [0.25, 0.3) is 10.7 Å². The minimum Gasteiger partial charge on any atom is -0.332 e. The van der Waals surface area contributed by atoms with Crippen molar-refractivity contribution in [2.24, 2.45) is 7.05 Å². The summed E-state index contributed by atoms with van der Waals surface area (Å²) in [5.74, 6) is 0. The Balaban J connectivity index is 2.50. The molecule has 2 heterocycles. The van der Waals surface area contributed by atoms with Gasteiger partial charge in [0.25, 0.3) is 0 Å². The number of aryl methyl sites for hydroxylation is 2. The van der Waals surface area contributed by atoms with Gasteiger partial charge >= 0.3 is 0 Å². The van der Waals surface area contributed by atoms with Crippen LogP contribution in [-0.2, 0) is 7.05 Å². The van der Waals surface area contributed by atoms with E-state index in [4.69, 9.17) is 0 Å². The van der Waals surface area contributed by atoms with Gasteiger partial charge in [0.05, 0.1) is 18.2 Å². The lowest BCUT2D eigenvalue weighted by molar-refractivity contribution is 0.920. The van der Waals surface area contributed by atoms with E-state index in [1.165, 1.54) is 4.88 Å². The number of rotatable bonds is 1. The Labute approximate surface area is 74.7 Å². The average Bonchev–Trinajstić information content (AvgIpc) is 2.58. The second-order valence-electron chi connectivity index (χ2n) is 2.67. The maximum Gasteiger partial charge on any atom is 0.141 e. The molecule has 0 saturated carbocycles. The topological polar surface area (TPSA) is 30.7 Å². The van der Waals surface area contributed by atoms with Gasteiger partial charge in [-0.3, -0.25) is 0 Å². The van der Waals surface area contributed by atoms with Crippen LogP contribution in [0, 0.1) is 6.92 Å². The summed E-state index contributed by atoms with van der Waals surface area (Å²) < 4.78 is 1.97. The van der Waals surface area contributed by atoms with Crippen LogP contribution in [0.15, 0.2) is 18.7 Å².